The summed E-state index contributed by atoms with van der Waals surface area (Å²) in [6.07, 6.45) is 12.0. The molecular weight excluding hydrogens is 743 g/mol. The van der Waals surface area contributed by atoms with Crippen molar-refractivity contribution in [2.24, 2.45) is 0 Å². The Morgan fingerprint density at radius 3 is 1.22 bits per heavy atom. The molecule has 2 amide bonds. The molecule has 2 aromatic carbocycles. The van der Waals surface area contributed by atoms with Gasteiger partial charge < -0.3 is 39.4 Å². The maximum Gasteiger partial charge on any atom is 0.238 e. The number of hydrogen-bond acceptors (Lipinski definition) is 10. The van der Waals surface area contributed by atoms with Crippen LogP contribution >= 0.6 is 24.8 Å². The molecule has 4 saturated heterocycles. The Kier molecular flexibility index (Phi) is 17.6. The highest BCUT2D eigenvalue weighted by atomic mass is 35.5. The second kappa shape index (κ2) is 22.3. The number of nitrogens with one attached hydrogen (secondary N) is 2. The van der Waals surface area contributed by atoms with Gasteiger partial charge in [-0.25, -0.2) is 0 Å². The summed E-state index contributed by atoms with van der Waals surface area (Å²) in [5.74, 6) is 1.83. The number of nitrogens with zero attached hydrogens (tertiary/aromatic N) is 4. The van der Waals surface area contributed by atoms with E-state index in [4.69, 9.17) is 18.9 Å². The van der Waals surface area contributed by atoms with E-state index in [2.05, 4.69) is 30.2 Å². The van der Waals surface area contributed by atoms with E-state index in [1.165, 1.54) is 32.1 Å². The molecule has 0 radical (unpaired) electrons. The number of amides is 2. The summed E-state index contributed by atoms with van der Waals surface area (Å²) < 4.78 is 22.9. The van der Waals surface area contributed by atoms with Gasteiger partial charge in [0, 0.05) is 75.8 Å². The van der Waals surface area contributed by atoms with Gasteiger partial charge in [0.15, 0.2) is 0 Å². The Balaban J connectivity index is 0.000000204. The maximum absolute atomic E-state index is 12.2. The van der Waals surface area contributed by atoms with E-state index in [-0.39, 0.29) is 36.6 Å². The van der Waals surface area contributed by atoms with Crippen LogP contribution in [0.4, 0.5) is 11.4 Å². The predicted molar refractivity (Wildman–Crippen MR) is 220 cm³/mol. The van der Waals surface area contributed by atoms with Crippen LogP contribution in [-0.2, 0) is 19.1 Å². The third kappa shape index (κ3) is 14.0. The zero-order valence-corrected chi connectivity index (χ0v) is 33.9. The first-order valence-corrected chi connectivity index (χ1v) is 20.2. The van der Waals surface area contributed by atoms with Crippen LogP contribution in [0.2, 0.25) is 0 Å². The topological polar surface area (TPSA) is 108 Å². The monoisotopic (exact) mass is 804 g/mol. The average molecular weight is 806 g/mol. The molecule has 2 aliphatic carbocycles. The van der Waals surface area contributed by atoms with Crippen LogP contribution in [0, 0.1) is 0 Å². The van der Waals surface area contributed by atoms with Crippen molar-refractivity contribution in [3.05, 3.63) is 48.5 Å². The SMILES string of the molecule is Cl.Cl.O=C(CN1CCOCC1)Nc1ccc(OC2CCN(C3CC3)CC2)cc1.O=C(CN1CCOCC1)Nc1ccc(OC2CCN(C3CCC3)CC2)cc1. The Morgan fingerprint density at radius 2 is 0.891 bits per heavy atom. The number of anilines is 2. The minimum atomic E-state index is 0. The Labute approximate surface area is 339 Å². The number of carbonyl (C=O) groups is 2. The lowest BCUT2D eigenvalue weighted by atomic mass is 9.90. The number of halogens is 2. The summed E-state index contributed by atoms with van der Waals surface area (Å²) in [7, 11) is 0. The fraction of sp³-hybridized carbons (Fsp3) is 0.659. The van der Waals surface area contributed by atoms with E-state index in [1.54, 1.807) is 0 Å². The van der Waals surface area contributed by atoms with Crippen LogP contribution in [0.5, 0.6) is 11.5 Å². The second-order valence-corrected chi connectivity index (χ2v) is 15.4. The highest BCUT2D eigenvalue weighted by Gasteiger charge is 2.32. The van der Waals surface area contributed by atoms with Gasteiger partial charge in [0.05, 0.1) is 39.5 Å². The van der Waals surface area contributed by atoms with Crippen molar-refractivity contribution in [3.8, 4) is 11.5 Å². The third-order valence-electron chi connectivity index (χ3n) is 11.4. The number of ether oxygens (including phenoxy) is 4. The lowest BCUT2D eigenvalue weighted by Gasteiger charge is -2.41. The van der Waals surface area contributed by atoms with Crippen LogP contribution in [0.15, 0.2) is 48.5 Å². The Hall–Kier alpha value is -2.68. The molecule has 55 heavy (non-hydrogen) atoms. The summed E-state index contributed by atoms with van der Waals surface area (Å²) >= 11 is 0. The molecular formula is C41H62Cl2N6O6. The van der Waals surface area contributed by atoms with Gasteiger partial charge in [0.2, 0.25) is 11.8 Å². The fourth-order valence-electron chi connectivity index (χ4n) is 7.85. The molecule has 0 atom stereocenters. The average Bonchev–Trinajstić information content (AvgIpc) is 4.01. The number of morpholine rings is 2. The first-order chi connectivity index (χ1) is 26.0. The van der Waals surface area contributed by atoms with Crippen molar-refractivity contribution in [3.63, 3.8) is 0 Å². The number of carbonyl (C=O) groups excluding carboxylic acids is 2. The van der Waals surface area contributed by atoms with Gasteiger partial charge in [-0.3, -0.25) is 19.4 Å². The van der Waals surface area contributed by atoms with E-state index in [1.807, 2.05) is 48.5 Å². The van der Waals surface area contributed by atoms with Gasteiger partial charge in [0.25, 0.3) is 0 Å². The molecule has 0 spiro atoms. The highest BCUT2D eigenvalue weighted by Crippen LogP contribution is 2.31. The molecule has 4 aliphatic heterocycles. The number of benzene rings is 2. The number of piperidine rings is 2. The van der Waals surface area contributed by atoms with Gasteiger partial charge >= 0.3 is 0 Å². The molecule has 0 bridgehead atoms. The lowest BCUT2D eigenvalue weighted by Crippen LogP contribution is -2.46. The summed E-state index contributed by atoms with van der Waals surface area (Å²) in [5, 5.41) is 5.93. The van der Waals surface area contributed by atoms with Crippen LogP contribution in [0.25, 0.3) is 0 Å². The summed E-state index contributed by atoms with van der Waals surface area (Å²) in [6, 6.07) is 17.2. The van der Waals surface area contributed by atoms with Crippen LogP contribution < -0.4 is 20.1 Å². The summed E-state index contributed by atoms with van der Waals surface area (Å²) in [6.45, 7) is 11.6. The molecule has 12 nitrogen and oxygen atoms in total. The molecule has 2 aromatic rings. The molecule has 14 heteroatoms. The van der Waals surface area contributed by atoms with Crippen molar-refractivity contribution in [1.29, 1.82) is 0 Å². The van der Waals surface area contributed by atoms with Crippen molar-refractivity contribution in [2.75, 3.05) is 103 Å². The van der Waals surface area contributed by atoms with E-state index < -0.39 is 0 Å². The molecule has 4 heterocycles. The van der Waals surface area contributed by atoms with Crippen LogP contribution in [-0.4, -0.2) is 148 Å². The van der Waals surface area contributed by atoms with Gasteiger partial charge in [-0.05, 0) is 99.9 Å². The minimum absolute atomic E-state index is 0. The smallest absolute Gasteiger partial charge is 0.238 e. The van der Waals surface area contributed by atoms with Crippen LogP contribution in [0.1, 0.15) is 57.8 Å². The predicted octanol–water partition coefficient (Wildman–Crippen LogP) is 5.16. The minimum Gasteiger partial charge on any atom is -0.490 e. The normalized spacial score (nSPS) is 22.1. The van der Waals surface area contributed by atoms with E-state index in [0.717, 1.165) is 113 Å². The number of likely N-dealkylation sites (tertiary alicyclic amines) is 2. The molecule has 2 N–H and O–H groups in total. The Bertz CT molecular complexity index is 1420. The first-order valence-electron chi connectivity index (χ1n) is 20.2. The first kappa shape index (κ1) is 43.4. The lowest BCUT2D eigenvalue weighted by molar-refractivity contribution is -0.119. The van der Waals surface area contributed by atoms with Crippen molar-refractivity contribution in [1.82, 2.24) is 19.6 Å². The van der Waals surface area contributed by atoms with Crippen LogP contribution in [0.3, 0.4) is 0 Å². The molecule has 6 fully saturated rings. The standard InChI is InChI=1S/C21H31N3O3.C20H29N3O3.2ClH/c25-21(16-23-12-14-26-15-13-23)22-17-4-6-19(7-5-17)27-20-8-10-24(11-9-20)18-2-1-3-18;24-20(15-22-11-13-25-14-12-22)21-16-1-5-18(6-2-16)26-19-7-9-23(10-8-19)17-3-4-17;;/h4-7,18,20H,1-3,8-16H2,(H,22,25);1-2,5-6,17,19H,3-4,7-15H2,(H,21,24);2*1H. The van der Waals surface area contributed by atoms with Gasteiger partial charge in [0.1, 0.15) is 23.7 Å². The molecule has 2 saturated carbocycles. The third-order valence-corrected chi connectivity index (χ3v) is 11.4. The Morgan fingerprint density at radius 1 is 0.527 bits per heavy atom. The fourth-order valence-corrected chi connectivity index (χ4v) is 7.85. The van der Waals surface area contributed by atoms with Gasteiger partial charge in [-0.2, -0.15) is 0 Å². The molecule has 0 aromatic heterocycles. The second-order valence-electron chi connectivity index (χ2n) is 15.4. The largest absolute Gasteiger partial charge is 0.490 e. The van der Waals surface area contributed by atoms with E-state index in [0.29, 0.717) is 51.7 Å². The zero-order valence-electron chi connectivity index (χ0n) is 32.2. The quantitative estimate of drug-likeness (QED) is 0.299. The zero-order chi connectivity index (χ0) is 36.2. The van der Waals surface area contributed by atoms with Crippen molar-refractivity contribution >= 4 is 48.0 Å². The van der Waals surface area contributed by atoms with Crippen molar-refractivity contribution < 1.29 is 28.5 Å². The molecule has 6 aliphatic rings. The maximum atomic E-state index is 12.2. The highest BCUT2D eigenvalue weighted by molar-refractivity contribution is 5.92. The summed E-state index contributed by atoms with van der Waals surface area (Å²) in [5.41, 5.74) is 1.64. The van der Waals surface area contributed by atoms with Gasteiger partial charge in [-0.15, -0.1) is 24.8 Å². The van der Waals surface area contributed by atoms with E-state index in [9.17, 15) is 9.59 Å². The van der Waals surface area contributed by atoms with Gasteiger partial charge in [-0.1, -0.05) is 6.42 Å². The molecule has 0 unspecified atom stereocenters. The number of hydrogen-bond donors (Lipinski definition) is 2. The molecule has 306 valence electrons. The number of rotatable bonds is 12. The summed E-state index contributed by atoms with van der Waals surface area (Å²) in [4.78, 5) is 33.8. The molecule has 8 rings (SSSR count). The van der Waals surface area contributed by atoms with Crippen molar-refractivity contribution in [2.45, 2.75) is 82.1 Å². The van der Waals surface area contributed by atoms with E-state index >= 15 is 0 Å².